The minimum absolute atomic E-state index is 0.0607. The molecule has 132 valence electrons. The zero-order valence-corrected chi connectivity index (χ0v) is 15.8. The van der Waals surface area contributed by atoms with Gasteiger partial charge in [-0.2, -0.15) is 5.10 Å². The normalized spacial score (nSPS) is 13.8. The highest BCUT2D eigenvalue weighted by molar-refractivity contribution is 9.10. The van der Waals surface area contributed by atoms with Crippen molar-refractivity contribution >= 4 is 15.9 Å². The van der Waals surface area contributed by atoms with Crippen molar-refractivity contribution in [1.29, 1.82) is 0 Å². The molecule has 0 saturated heterocycles. The van der Waals surface area contributed by atoms with Gasteiger partial charge in [-0.1, -0.05) is 30.3 Å². The molecule has 0 radical (unpaired) electrons. The Morgan fingerprint density at radius 3 is 2.46 bits per heavy atom. The number of nitrogens with zero attached hydrogens (tertiary/aromatic N) is 2. The quantitative estimate of drug-likeness (QED) is 0.541. The molecule has 0 aliphatic rings. The fourth-order valence-corrected chi connectivity index (χ4v) is 2.42. The third-order valence-corrected chi connectivity index (χ3v) is 3.89. The van der Waals surface area contributed by atoms with E-state index in [4.69, 9.17) is 14.2 Å². The van der Waals surface area contributed by atoms with Gasteiger partial charge in [0.25, 0.3) is 0 Å². The first-order valence-corrected chi connectivity index (χ1v) is 8.95. The highest BCUT2D eigenvalue weighted by atomic mass is 79.9. The van der Waals surface area contributed by atoms with Gasteiger partial charge in [-0.25, -0.2) is 0 Å². The van der Waals surface area contributed by atoms with E-state index in [2.05, 4.69) is 40.1 Å². The molecule has 24 heavy (non-hydrogen) atoms. The van der Waals surface area contributed by atoms with Gasteiger partial charge < -0.3 is 14.2 Å². The lowest BCUT2D eigenvalue weighted by molar-refractivity contribution is -0.0316. The molecule has 0 N–H and O–H groups in total. The summed E-state index contributed by atoms with van der Waals surface area (Å²) in [7, 11) is 0. The van der Waals surface area contributed by atoms with Crippen molar-refractivity contribution in [3.8, 4) is 0 Å². The summed E-state index contributed by atoms with van der Waals surface area (Å²) in [6.07, 6.45) is 3.78. The van der Waals surface area contributed by atoms with E-state index in [-0.39, 0.29) is 12.1 Å². The van der Waals surface area contributed by atoms with Crippen LogP contribution in [0.2, 0.25) is 0 Å². The van der Waals surface area contributed by atoms with Gasteiger partial charge in [0, 0.05) is 6.20 Å². The molecule has 0 spiro atoms. The molecular weight excluding hydrogens is 372 g/mol. The maximum Gasteiger partial charge on any atom is 0.0785 e. The predicted molar refractivity (Wildman–Crippen MR) is 97.0 cm³/mol. The molecule has 0 aliphatic carbocycles. The zero-order chi connectivity index (χ0) is 17.2. The summed E-state index contributed by atoms with van der Waals surface area (Å²) in [5, 5.41) is 4.24. The van der Waals surface area contributed by atoms with E-state index < -0.39 is 0 Å². The van der Waals surface area contributed by atoms with Crippen LogP contribution in [0.4, 0.5) is 0 Å². The molecule has 2 atom stereocenters. The summed E-state index contributed by atoms with van der Waals surface area (Å²) in [5.74, 6) is 0. The van der Waals surface area contributed by atoms with Crippen molar-refractivity contribution in [1.82, 2.24) is 9.78 Å². The minimum atomic E-state index is 0.0607. The smallest absolute Gasteiger partial charge is 0.0785 e. The van der Waals surface area contributed by atoms with E-state index in [1.54, 1.807) is 6.20 Å². The fourth-order valence-electron chi connectivity index (χ4n) is 2.11. The summed E-state index contributed by atoms with van der Waals surface area (Å²) in [6.45, 7) is 7.00. The second-order valence-electron chi connectivity index (χ2n) is 5.74. The molecule has 2 rings (SSSR count). The Bertz CT molecular complexity index is 577. The summed E-state index contributed by atoms with van der Waals surface area (Å²) in [4.78, 5) is 0. The number of rotatable bonds is 11. The Hall–Kier alpha value is -1.21. The van der Waals surface area contributed by atoms with Crippen LogP contribution >= 0.6 is 15.9 Å². The van der Waals surface area contributed by atoms with E-state index in [0.29, 0.717) is 33.0 Å². The number of ether oxygens (including phenoxy) is 3. The van der Waals surface area contributed by atoms with Gasteiger partial charge in [0.05, 0.1) is 55.8 Å². The van der Waals surface area contributed by atoms with E-state index in [0.717, 1.165) is 4.47 Å². The van der Waals surface area contributed by atoms with Crippen molar-refractivity contribution in [2.75, 3.05) is 26.4 Å². The molecule has 6 heteroatoms. The largest absolute Gasteiger partial charge is 0.377 e. The van der Waals surface area contributed by atoms with Crippen LogP contribution in [0.1, 0.15) is 25.5 Å². The molecule has 0 aliphatic heterocycles. The van der Waals surface area contributed by atoms with E-state index >= 15 is 0 Å². The van der Waals surface area contributed by atoms with Crippen LogP contribution in [0.15, 0.2) is 47.2 Å². The van der Waals surface area contributed by atoms with E-state index in [1.165, 1.54) is 5.56 Å². The highest BCUT2D eigenvalue weighted by Crippen LogP contribution is 2.11. The number of aromatic nitrogens is 2. The van der Waals surface area contributed by atoms with Gasteiger partial charge in [-0.05, 0) is 35.3 Å². The van der Waals surface area contributed by atoms with Crippen LogP contribution in [0, 0.1) is 0 Å². The average molecular weight is 397 g/mol. The standard InChI is InChI=1S/C18H25BrN2O3/c1-15(21-11-18(19)10-20-21)12-22-8-9-23-13-16(2)24-14-17-6-4-3-5-7-17/h3-7,10-11,15-16H,8-9,12-14H2,1-2H3/t15-,16-/m0/s1. The van der Waals surface area contributed by atoms with Crippen LogP contribution in [0.25, 0.3) is 0 Å². The topological polar surface area (TPSA) is 45.5 Å². The Balaban J connectivity index is 1.48. The van der Waals surface area contributed by atoms with Crippen molar-refractivity contribution in [2.24, 2.45) is 0 Å². The van der Waals surface area contributed by atoms with Crippen LogP contribution in [0.5, 0.6) is 0 Å². The zero-order valence-electron chi connectivity index (χ0n) is 14.2. The second kappa shape index (κ2) is 10.6. The Morgan fingerprint density at radius 2 is 1.79 bits per heavy atom. The molecular formula is C18H25BrN2O3. The fraction of sp³-hybridized carbons (Fsp3) is 0.500. The maximum atomic E-state index is 5.75. The van der Waals surface area contributed by atoms with Crippen LogP contribution in [-0.2, 0) is 20.8 Å². The third-order valence-electron chi connectivity index (χ3n) is 3.48. The first kappa shape index (κ1) is 19.1. The highest BCUT2D eigenvalue weighted by Gasteiger charge is 2.06. The van der Waals surface area contributed by atoms with Gasteiger partial charge in [0.2, 0.25) is 0 Å². The maximum absolute atomic E-state index is 5.75. The summed E-state index contributed by atoms with van der Waals surface area (Å²) in [5.41, 5.74) is 1.17. The lowest BCUT2D eigenvalue weighted by atomic mass is 10.2. The number of hydrogen-bond donors (Lipinski definition) is 0. The molecule has 0 bridgehead atoms. The summed E-state index contributed by atoms with van der Waals surface area (Å²) < 4.78 is 19.8. The Labute approximate surface area is 152 Å². The van der Waals surface area contributed by atoms with Gasteiger partial charge in [0.15, 0.2) is 0 Å². The van der Waals surface area contributed by atoms with Gasteiger partial charge in [-0.15, -0.1) is 0 Å². The van der Waals surface area contributed by atoms with Crippen LogP contribution < -0.4 is 0 Å². The number of hydrogen-bond acceptors (Lipinski definition) is 4. The number of halogens is 1. The lowest BCUT2D eigenvalue weighted by Crippen LogP contribution is -2.19. The molecule has 0 amide bonds. The average Bonchev–Trinajstić information content (AvgIpc) is 3.03. The van der Waals surface area contributed by atoms with Crippen molar-refractivity contribution in [3.63, 3.8) is 0 Å². The monoisotopic (exact) mass is 396 g/mol. The Morgan fingerprint density at radius 1 is 1.08 bits per heavy atom. The van der Waals surface area contributed by atoms with Crippen LogP contribution in [0.3, 0.4) is 0 Å². The van der Waals surface area contributed by atoms with E-state index in [9.17, 15) is 0 Å². The Kier molecular flexibility index (Phi) is 8.45. The first-order valence-electron chi connectivity index (χ1n) is 8.16. The van der Waals surface area contributed by atoms with Crippen molar-refractivity contribution < 1.29 is 14.2 Å². The van der Waals surface area contributed by atoms with Gasteiger partial charge in [0.1, 0.15) is 0 Å². The lowest BCUT2D eigenvalue weighted by Gasteiger charge is -2.15. The summed E-state index contributed by atoms with van der Waals surface area (Å²) >= 11 is 3.39. The summed E-state index contributed by atoms with van der Waals surface area (Å²) in [6, 6.07) is 10.3. The van der Waals surface area contributed by atoms with Crippen molar-refractivity contribution in [2.45, 2.75) is 32.6 Å². The predicted octanol–water partition coefficient (Wildman–Crippen LogP) is 3.85. The molecule has 1 heterocycles. The number of benzene rings is 1. The molecule has 2 aromatic rings. The molecule has 0 unspecified atom stereocenters. The van der Waals surface area contributed by atoms with Gasteiger partial charge in [-0.3, -0.25) is 4.68 Å². The molecule has 5 nitrogen and oxygen atoms in total. The first-order chi connectivity index (χ1) is 11.6. The third kappa shape index (κ3) is 7.13. The van der Waals surface area contributed by atoms with Crippen molar-refractivity contribution in [3.05, 3.63) is 52.8 Å². The molecule has 1 aromatic carbocycles. The van der Waals surface area contributed by atoms with Gasteiger partial charge >= 0.3 is 0 Å². The second-order valence-corrected chi connectivity index (χ2v) is 6.66. The molecule has 0 fully saturated rings. The minimum Gasteiger partial charge on any atom is -0.377 e. The van der Waals surface area contributed by atoms with Crippen LogP contribution in [-0.4, -0.2) is 42.3 Å². The SMILES string of the molecule is C[C@@H](COCCOC[C@H](C)n1cc(Br)cn1)OCc1ccccc1. The molecule has 0 saturated carbocycles. The van der Waals surface area contributed by atoms with E-state index in [1.807, 2.05) is 36.0 Å². The molecule has 1 aromatic heterocycles.